The molecule has 0 spiro atoms. The third-order valence-corrected chi connectivity index (χ3v) is 6.63. The molecule has 5 rings (SSSR count). The molecule has 2 heterocycles. The molecule has 4 aromatic rings. The predicted octanol–water partition coefficient (Wildman–Crippen LogP) is 4.16. The quantitative estimate of drug-likeness (QED) is 0.378. The molecule has 0 saturated carbocycles. The summed E-state index contributed by atoms with van der Waals surface area (Å²) in [7, 11) is 0. The van der Waals surface area contributed by atoms with Crippen LogP contribution < -0.4 is 9.64 Å². The zero-order valence-electron chi connectivity index (χ0n) is 18.0. The van der Waals surface area contributed by atoms with Crippen LogP contribution >= 0.6 is 11.8 Å². The van der Waals surface area contributed by atoms with E-state index in [1.807, 2.05) is 60.7 Å². The molecule has 1 N–H and O–H groups in total. The topological polar surface area (TPSA) is 84.0 Å². The van der Waals surface area contributed by atoms with Crippen molar-refractivity contribution in [1.82, 2.24) is 20.6 Å². The Morgan fingerprint density at radius 1 is 1.00 bits per heavy atom. The Morgan fingerprint density at radius 2 is 1.85 bits per heavy atom. The van der Waals surface area contributed by atoms with Gasteiger partial charge in [-0.3, -0.25) is 4.79 Å². The van der Waals surface area contributed by atoms with Crippen LogP contribution in [0.3, 0.4) is 0 Å². The number of aromatic amines is 1. The first-order valence-electron chi connectivity index (χ1n) is 10.8. The number of benzene rings is 3. The van der Waals surface area contributed by atoms with Crippen molar-refractivity contribution >= 4 is 23.2 Å². The Morgan fingerprint density at radius 3 is 2.64 bits per heavy atom. The molecule has 1 aliphatic heterocycles. The van der Waals surface area contributed by atoms with Crippen LogP contribution in [0.25, 0.3) is 0 Å². The number of hydrogen-bond donors (Lipinski definition) is 1. The van der Waals surface area contributed by atoms with Gasteiger partial charge in [-0.05, 0) is 42.3 Å². The van der Waals surface area contributed by atoms with E-state index in [0.717, 1.165) is 53.0 Å². The highest BCUT2D eigenvalue weighted by Crippen LogP contribution is 2.39. The van der Waals surface area contributed by atoms with E-state index in [9.17, 15) is 4.79 Å². The van der Waals surface area contributed by atoms with Crippen LogP contribution in [0.5, 0.6) is 5.75 Å². The number of aromatic nitrogens is 4. The van der Waals surface area contributed by atoms with Crippen LogP contribution in [-0.2, 0) is 12.8 Å². The van der Waals surface area contributed by atoms with Gasteiger partial charge in [0.25, 0.3) is 0 Å². The molecule has 8 heteroatoms. The number of H-pyrrole nitrogens is 1. The van der Waals surface area contributed by atoms with Crippen molar-refractivity contribution in [2.75, 3.05) is 23.9 Å². The van der Waals surface area contributed by atoms with E-state index in [1.165, 1.54) is 5.56 Å². The molecular formula is C25H23N5O2S. The number of anilines is 1. The molecule has 166 valence electrons. The molecule has 0 fully saturated rings. The van der Waals surface area contributed by atoms with Crippen LogP contribution in [0.2, 0.25) is 0 Å². The summed E-state index contributed by atoms with van der Waals surface area (Å²) in [5.41, 5.74) is 3.81. The van der Waals surface area contributed by atoms with Gasteiger partial charge in [-0.25, -0.2) is 0 Å². The Kier molecular flexibility index (Phi) is 6.34. The number of aryl methyl sites for hydroxylation is 2. The van der Waals surface area contributed by atoms with Crippen molar-refractivity contribution < 1.29 is 9.53 Å². The van der Waals surface area contributed by atoms with Gasteiger partial charge in [0.15, 0.2) is 11.6 Å². The van der Waals surface area contributed by atoms with E-state index < -0.39 is 0 Å². The summed E-state index contributed by atoms with van der Waals surface area (Å²) < 4.78 is 5.96. The summed E-state index contributed by atoms with van der Waals surface area (Å²) in [6, 6.07) is 23.5. The maximum atomic E-state index is 12.7. The summed E-state index contributed by atoms with van der Waals surface area (Å²) in [4.78, 5) is 16.2. The highest BCUT2D eigenvalue weighted by Gasteiger charge is 2.21. The summed E-state index contributed by atoms with van der Waals surface area (Å²) in [6.07, 6.45) is 1.61. The lowest BCUT2D eigenvalue weighted by Gasteiger charge is -2.19. The number of carbonyl (C=O) groups excluding carboxylic acids is 1. The van der Waals surface area contributed by atoms with Crippen molar-refractivity contribution in [2.45, 2.75) is 17.7 Å². The van der Waals surface area contributed by atoms with E-state index in [-0.39, 0.29) is 5.78 Å². The standard InChI is InChI=1S/C25H23N5O2S/c31-25(19-4-2-1-3-5-19)20-9-12-22-23(16-20)33-17-30(22)14-15-32-21-10-6-18(7-11-21)8-13-24-26-28-29-27-24/h1-7,9-12,16H,8,13-15,17H2,(H,26,27,28,29). The smallest absolute Gasteiger partial charge is 0.193 e. The zero-order chi connectivity index (χ0) is 22.5. The first-order valence-corrected chi connectivity index (χ1v) is 11.8. The van der Waals surface area contributed by atoms with E-state index in [1.54, 1.807) is 11.8 Å². The van der Waals surface area contributed by atoms with Crippen LogP contribution in [0.4, 0.5) is 5.69 Å². The molecule has 1 aromatic heterocycles. The lowest BCUT2D eigenvalue weighted by Crippen LogP contribution is -2.25. The van der Waals surface area contributed by atoms with Gasteiger partial charge in [0.2, 0.25) is 0 Å². The fraction of sp³-hybridized carbons (Fsp3) is 0.200. The first kappa shape index (κ1) is 21.2. The monoisotopic (exact) mass is 457 g/mol. The maximum absolute atomic E-state index is 12.7. The number of nitrogens with one attached hydrogen (secondary N) is 1. The minimum atomic E-state index is 0.0570. The Labute approximate surface area is 196 Å². The van der Waals surface area contributed by atoms with Gasteiger partial charge in [0.05, 0.1) is 18.1 Å². The molecular weight excluding hydrogens is 434 g/mol. The summed E-state index contributed by atoms with van der Waals surface area (Å²) in [6.45, 7) is 1.37. The fourth-order valence-corrected chi connectivity index (χ4v) is 4.88. The number of fused-ring (bicyclic) bond motifs is 1. The second-order valence-corrected chi connectivity index (χ2v) is 8.72. The van der Waals surface area contributed by atoms with Gasteiger partial charge < -0.3 is 9.64 Å². The normalized spacial score (nSPS) is 12.5. The van der Waals surface area contributed by atoms with Gasteiger partial charge in [0, 0.05) is 22.4 Å². The molecule has 0 radical (unpaired) electrons. The van der Waals surface area contributed by atoms with Gasteiger partial charge in [-0.2, -0.15) is 5.21 Å². The van der Waals surface area contributed by atoms with E-state index >= 15 is 0 Å². The Balaban J connectivity index is 1.13. The second kappa shape index (κ2) is 9.87. The minimum absolute atomic E-state index is 0.0570. The Bertz CT molecular complexity index is 1210. The number of ketones is 1. The number of rotatable bonds is 9. The molecule has 0 unspecified atom stereocenters. The van der Waals surface area contributed by atoms with Gasteiger partial charge in [-0.1, -0.05) is 47.7 Å². The third kappa shape index (κ3) is 5.06. The van der Waals surface area contributed by atoms with Crippen LogP contribution in [0.1, 0.15) is 27.3 Å². The first-order chi connectivity index (χ1) is 16.3. The van der Waals surface area contributed by atoms with Crippen LogP contribution in [-0.4, -0.2) is 45.4 Å². The molecule has 0 amide bonds. The number of tetrazole rings is 1. The van der Waals surface area contributed by atoms with Gasteiger partial charge in [-0.15, -0.1) is 22.0 Å². The highest BCUT2D eigenvalue weighted by molar-refractivity contribution is 7.99. The fourth-order valence-electron chi connectivity index (χ4n) is 3.76. The number of thioether (sulfide) groups is 1. The minimum Gasteiger partial charge on any atom is -0.492 e. The third-order valence-electron chi connectivity index (χ3n) is 5.55. The summed E-state index contributed by atoms with van der Waals surface area (Å²) in [5.74, 6) is 2.49. The van der Waals surface area contributed by atoms with E-state index in [4.69, 9.17) is 4.74 Å². The Hall–Kier alpha value is -3.65. The summed E-state index contributed by atoms with van der Waals surface area (Å²) >= 11 is 1.76. The van der Waals surface area contributed by atoms with E-state index in [0.29, 0.717) is 12.2 Å². The SMILES string of the molecule is O=C(c1ccccc1)c1ccc2c(c1)SCN2CCOc1ccc(CCc2nn[nH]n2)cc1. The number of carbonyl (C=O) groups is 1. The maximum Gasteiger partial charge on any atom is 0.193 e. The largest absolute Gasteiger partial charge is 0.492 e. The predicted molar refractivity (Wildman–Crippen MR) is 128 cm³/mol. The molecule has 0 bridgehead atoms. The number of hydrogen-bond acceptors (Lipinski definition) is 7. The molecule has 0 saturated heterocycles. The lowest BCUT2D eigenvalue weighted by molar-refractivity contribution is 0.103. The van der Waals surface area contributed by atoms with Gasteiger partial charge >= 0.3 is 0 Å². The van der Waals surface area contributed by atoms with Crippen molar-refractivity contribution in [3.8, 4) is 5.75 Å². The lowest BCUT2D eigenvalue weighted by atomic mass is 10.0. The van der Waals surface area contributed by atoms with Crippen molar-refractivity contribution in [1.29, 1.82) is 0 Å². The molecule has 33 heavy (non-hydrogen) atoms. The number of ether oxygens (including phenoxy) is 1. The van der Waals surface area contributed by atoms with Crippen molar-refractivity contribution in [3.05, 3.63) is 95.3 Å². The van der Waals surface area contributed by atoms with Crippen molar-refractivity contribution in [2.24, 2.45) is 0 Å². The average Bonchev–Trinajstić information content (AvgIpc) is 3.53. The van der Waals surface area contributed by atoms with E-state index in [2.05, 4.69) is 37.7 Å². The van der Waals surface area contributed by atoms with Crippen LogP contribution in [0, 0.1) is 0 Å². The number of nitrogens with zero attached hydrogens (tertiary/aromatic N) is 4. The van der Waals surface area contributed by atoms with Crippen molar-refractivity contribution in [3.63, 3.8) is 0 Å². The molecule has 7 nitrogen and oxygen atoms in total. The highest BCUT2D eigenvalue weighted by atomic mass is 32.2. The average molecular weight is 458 g/mol. The van der Waals surface area contributed by atoms with Gasteiger partial charge in [0.1, 0.15) is 12.4 Å². The van der Waals surface area contributed by atoms with Crippen LogP contribution in [0.15, 0.2) is 77.7 Å². The molecule has 0 atom stereocenters. The second-order valence-electron chi connectivity index (χ2n) is 7.73. The molecule has 1 aliphatic rings. The molecule has 3 aromatic carbocycles. The molecule has 0 aliphatic carbocycles. The zero-order valence-corrected chi connectivity index (χ0v) is 18.8. The summed E-state index contributed by atoms with van der Waals surface area (Å²) in [5, 5.41) is 14.0.